The van der Waals surface area contributed by atoms with E-state index in [0.717, 1.165) is 19.5 Å². The molecular weight excluding hydrogens is 246 g/mol. The second-order valence-corrected chi connectivity index (χ2v) is 5.79. The number of rotatable bonds is 6. The maximum absolute atomic E-state index is 5.74. The third-order valence-corrected chi connectivity index (χ3v) is 4.36. The van der Waals surface area contributed by atoms with Crippen molar-refractivity contribution >= 4 is 0 Å². The first-order valence-corrected chi connectivity index (χ1v) is 8.04. The smallest absolute Gasteiger partial charge is 0.0234 e. The molecule has 1 aromatic rings. The first-order valence-electron chi connectivity index (χ1n) is 8.04. The maximum atomic E-state index is 5.74. The molecule has 0 radical (unpaired) electrons. The highest BCUT2D eigenvalue weighted by molar-refractivity contribution is 5.14. The van der Waals surface area contributed by atoms with Crippen LogP contribution in [0.25, 0.3) is 0 Å². The van der Waals surface area contributed by atoms with E-state index in [9.17, 15) is 0 Å². The molecule has 1 aliphatic rings. The summed E-state index contributed by atoms with van der Waals surface area (Å²) in [4.78, 5) is 5.24. The third-order valence-electron chi connectivity index (χ3n) is 4.36. The van der Waals surface area contributed by atoms with Gasteiger partial charge in [-0.3, -0.25) is 9.80 Å². The maximum Gasteiger partial charge on any atom is 0.0234 e. The Labute approximate surface area is 123 Å². The molecule has 1 fully saturated rings. The topological polar surface area (TPSA) is 32.5 Å². The fourth-order valence-corrected chi connectivity index (χ4v) is 3.19. The Kier molecular flexibility index (Phi) is 6.51. The van der Waals surface area contributed by atoms with Crippen LogP contribution in [-0.4, -0.2) is 48.6 Å². The number of nitrogens with two attached hydrogens (primary N) is 1. The first kappa shape index (κ1) is 15.5. The van der Waals surface area contributed by atoms with E-state index < -0.39 is 0 Å². The van der Waals surface area contributed by atoms with E-state index in [2.05, 4.69) is 47.1 Å². The molecule has 0 spiro atoms. The van der Waals surface area contributed by atoms with Gasteiger partial charge in [-0.15, -0.1) is 0 Å². The van der Waals surface area contributed by atoms with Gasteiger partial charge in [-0.05, 0) is 44.5 Å². The van der Waals surface area contributed by atoms with Crippen molar-refractivity contribution in [2.24, 2.45) is 5.73 Å². The van der Waals surface area contributed by atoms with Gasteiger partial charge in [0.15, 0.2) is 0 Å². The molecule has 112 valence electrons. The summed E-state index contributed by atoms with van der Waals surface area (Å²) in [6, 6.07) is 11.5. The third kappa shape index (κ3) is 4.58. The lowest BCUT2D eigenvalue weighted by molar-refractivity contribution is 0.184. The van der Waals surface area contributed by atoms with Gasteiger partial charge in [0.25, 0.3) is 0 Å². The average molecular weight is 275 g/mol. The minimum Gasteiger partial charge on any atom is -0.330 e. The number of benzene rings is 1. The molecule has 0 aromatic heterocycles. The van der Waals surface area contributed by atoms with Crippen molar-refractivity contribution in [2.45, 2.75) is 38.8 Å². The summed E-state index contributed by atoms with van der Waals surface area (Å²) in [5.41, 5.74) is 7.17. The van der Waals surface area contributed by atoms with Gasteiger partial charge in [-0.1, -0.05) is 37.3 Å². The molecule has 0 saturated carbocycles. The van der Waals surface area contributed by atoms with Crippen LogP contribution in [0.5, 0.6) is 0 Å². The minimum absolute atomic E-state index is 0.677. The number of hydrogen-bond donors (Lipinski definition) is 1. The van der Waals surface area contributed by atoms with Crippen LogP contribution in [0.2, 0.25) is 0 Å². The van der Waals surface area contributed by atoms with E-state index in [0.29, 0.717) is 6.04 Å². The van der Waals surface area contributed by atoms with Crippen molar-refractivity contribution in [3.05, 3.63) is 35.9 Å². The van der Waals surface area contributed by atoms with Crippen LogP contribution in [0.15, 0.2) is 30.3 Å². The predicted molar refractivity (Wildman–Crippen MR) is 85.7 cm³/mol. The van der Waals surface area contributed by atoms with Crippen molar-refractivity contribution in [1.29, 1.82) is 0 Å². The zero-order chi connectivity index (χ0) is 14.2. The van der Waals surface area contributed by atoms with Gasteiger partial charge in [0.05, 0.1) is 0 Å². The van der Waals surface area contributed by atoms with E-state index >= 15 is 0 Å². The summed E-state index contributed by atoms with van der Waals surface area (Å²) in [5, 5.41) is 0. The zero-order valence-electron chi connectivity index (χ0n) is 12.8. The van der Waals surface area contributed by atoms with Crippen molar-refractivity contribution in [1.82, 2.24) is 9.80 Å². The summed E-state index contributed by atoms with van der Waals surface area (Å²) in [5.74, 6) is 0. The van der Waals surface area contributed by atoms with Gasteiger partial charge in [-0.2, -0.15) is 0 Å². The average Bonchev–Trinajstić information content (AvgIpc) is 2.71. The second-order valence-electron chi connectivity index (χ2n) is 5.79. The molecule has 1 heterocycles. The van der Waals surface area contributed by atoms with Gasteiger partial charge in [-0.25, -0.2) is 0 Å². The summed E-state index contributed by atoms with van der Waals surface area (Å²) < 4.78 is 0. The molecule has 1 aromatic carbocycles. The summed E-state index contributed by atoms with van der Waals surface area (Å²) in [6.45, 7) is 8.98. The van der Waals surface area contributed by atoms with E-state index in [4.69, 9.17) is 5.73 Å². The molecule has 1 saturated heterocycles. The minimum atomic E-state index is 0.677. The highest BCUT2D eigenvalue weighted by atomic mass is 15.2. The van der Waals surface area contributed by atoms with E-state index in [1.54, 1.807) is 0 Å². The van der Waals surface area contributed by atoms with Gasteiger partial charge in [0, 0.05) is 25.7 Å². The first-order chi connectivity index (χ1) is 9.83. The predicted octanol–water partition coefficient (Wildman–Crippen LogP) is 2.32. The molecule has 2 rings (SSSR count). The normalized spacial score (nSPS) is 19.7. The quantitative estimate of drug-likeness (QED) is 0.865. The van der Waals surface area contributed by atoms with Gasteiger partial charge in [0.1, 0.15) is 0 Å². The molecule has 0 bridgehead atoms. The van der Waals surface area contributed by atoms with Gasteiger partial charge >= 0.3 is 0 Å². The Balaban J connectivity index is 1.85. The molecule has 0 aliphatic carbocycles. The van der Waals surface area contributed by atoms with Crippen LogP contribution in [0.4, 0.5) is 0 Å². The summed E-state index contributed by atoms with van der Waals surface area (Å²) in [6.07, 6.45) is 3.62. The zero-order valence-corrected chi connectivity index (χ0v) is 12.8. The van der Waals surface area contributed by atoms with Crippen LogP contribution < -0.4 is 5.73 Å². The second kappa shape index (κ2) is 8.40. The Morgan fingerprint density at radius 3 is 2.60 bits per heavy atom. The molecule has 3 nitrogen and oxygen atoms in total. The van der Waals surface area contributed by atoms with Crippen LogP contribution in [0.3, 0.4) is 0 Å². The lowest BCUT2D eigenvalue weighted by Crippen LogP contribution is -2.39. The number of hydrogen-bond acceptors (Lipinski definition) is 3. The highest BCUT2D eigenvalue weighted by Gasteiger charge is 2.20. The van der Waals surface area contributed by atoms with E-state index in [-0.39, 0.29) is 0 Å². The SMILES string of the molecule is CCC(CCN)N1CCCN(Cc2ccccc2)CC1. The van der Waals surface area contributed by atoms with E-state index in [1.165, 1.54) is 44.6 Å². The van der Waals surface area contributed by atoms with E-state index in [1.807, 2.05) is 0 Å². The van der Waals surface area contributed by atoms with Gasteiger partial charge in [0.2, 0.25) is 0 Å². The molecule has 1 atom stereocenters. The Morgan fingerprint density at radius 2 is 1.90 bits per heavy atom. The summed E-state index contributed by atoms with van der Waals surface area (Å²) in [7, 11) is 0. The van der Waals surface area contributed by atoms with Crippen LogP contribution in [0, 0.1) is 0 Å². The van der Waals surface area contributed by atoms with Crippen molar-refractivity contribution in [2.75, 3.05) is 32.7 Å². The monoisotopic (exact) mass is 275 g/mol. The van der Waals surface area contributed by atoms with Crippen molar-refractivity contribution in [3.63, 3.8) is 0 Å². The molecule has 1 unspecified atom stereocenters. The Bertz CT molecular complexity index is 366. The standard InChI is InChI=1S/C17H29N3/c1-2-17(9-10-18)20-12-6-11-19(13-14-20)15-16-7-4-3-5-8-16/h3-5,7-8,17H,2,6,9-15,18H2,1H3. The molecule has 3 heteroatoms. The summed E-state index contributed by atoms with van der Waals surface area (Å²) >= 11 is 0. The van der Waals surface area contributed by atoms with Crippen LogP contribution in [-0.2, 0) is 6.54 Å². The molecule has 1 aliphatic heterocycles. The van der Waals surface area contributed by atoms with Crippen molar-refractivity contribution in [3.8, 4) is 0 Å². The lowest BCUT2D eigenvalue weighted by Gasteiger charge is -2.29. The molecule has 20 heavy (non-hydrogen) atoms. The van der Waals surface area contributed by atoms with Crippen LogP contribution in [0.1, 0.15) is 31.7 Å². The molecule has 0 amide bonds. The Hall–Kier alpha value is -0.900. The fraction of sp³-hybridized carbons (Fsp3) is 0.647. The number of nitrogens with zero attached hydrogens (tertiary/aromatic N) is 2. The van der Waals surface area contributed by atoms with Crippen LogP contribution >= 0.6 is 0 Å². The largest absolute Gasteiger partial charge is 0.330 e. The molecular formula is C17H29N3. The fourth-order valence-electron chi connectivity index (χ4n) is 3.19. The Morgan fingerprint density at radius 1 is 1.10 bits per heavy atom. The highest BCUT2D eigenvalue weighted by Crippen LogP contribution is 2.14. The lowest BCUT2D eigenvalue weighted by atomic mass is 10.1. The van der Waals surface area contributed by atoms with Gasteiger partial charge < -0.3 is 5.73 Å². The molecule has 2 N–H and O–H groups in total. The van der Waals surface area contributed by atoms with Crippen molar-refractivity contribution < 1.29 is 0 Å².